The summed E-state index contributed by atoms with van der Waals surface area (Å²) in [7, 11) is 1.71. The first-order valence-electron chi connectivity index (χ1n) is 6.28. The van der Waals surface area contributed by atoms with Crippen molar-refractivity contribution in [3.63, 3.8) is 0 Å². The molecule has 5 heteroatoms. The van der Waals surface area contributed by atoms with Crippen LogP contribution in [0, 0.1) is 12.8 Å². The maximum atomic E-state index is 12.2. The molecule has 1 unspecified atom stereocenters. The minimum Gasteiger partial charge on any atom is -0.481 e. The van der Waals surface area contributed by atoms with Crippen molar-refractivity contribution in [3.05, 3.63) is 29.8 Å². The fourth-order valence-electron chi connectivity index (χ4n) is 2.45. The molecule has 0 bridgehead atoms. The Balaban J connectivity index is 2.22. The molecule has 0 aliphatic carbocycles. The topological polar surface area (TPSA) is 60.9 Å². The van der Waals surface area contributed by atoms with Crippen LogP contribution in [0.3, 0.4) is 0 Å². The average Bonchev–Trinajstić information content (AvgIpc) is 2.32. The van der Waals surface area contributed by atoms with Crippen molar-refractivity contribution < 1.29 is 14.7 Å². The third-order valence-electron chi connectivity index (χ3n) is 3.31. The summed E-state index contributed by atoms with van der Waals surface area (Å²) in [4.78, 5) is 26.2. The number of carbonyl (C=O) groups excluding carboxylic acids is 1. The molecule has 102 valence electrons. The highest BCUT2D eigenvalue weighted by Gasteiger charge is 2.31. The molecule has 1 aliphatic heterocycles. The van der Waals surface area contributed by atoms with Gasteiger partial charge in [-0.15, -0.1) is 0 Å². The highest BCUT2D eigenvalue weighted by molar-refractivity contribution is 5.92. The van der Waals surface area contributed by atoms with E-state index in [9.17, 15) is 9.59 Å². The Hall–Kier alpha value is -2.04. The number of amides is 2. The third kappa shape index (κ3) is 3.05. The van der Waals surface area contributed by atoms with E-state index in [1.54, 1.807) is 16.8 Å². The maximum Gasteiger partial charge on any atom is 0.324 e. The lowest BCUT2D eigenvalue weighted by atomic mass is 10.0. The SMILES string of the molecule is Cc1cccc(N2CC(CC(=O)O)CN(C)C2=O)c1. The normalized spacial score (nSPS) is 19.7. The molecule has 0 saturated carbocycles. The molecule has 0 aromatic heterocycles. The molecule has 19 heavy (non-hydrogen) atoms. The van der Waals surface area contributed by atoms with Gasteiger partial charge in [-0.25, -0.2) is 4.79 Å². The van der Waals surface area contributed by atoms with Gasteiger partial charge in [0.15, 0.2) is 0 Å². The van der Waals surface area contributed by atoms with Crippen LogP contribution in [0.2, 0.25) is 0 Å². The first-order valence-corrected chi connectivity index (χ1v) is 6.28. The minimum absolute atomic E-state index is 0.0410. The van der Waals surface area contributed by atoms with E-state index in [-0.39, 0.29) is 18.4 Å². The minimum atomic E-state index is -0.822. The Kier molecular flexibility index (Phi) is 3.74. The molecule has 1 N–H and O–H groups in total. The van der Waals surface area contributed by atoms with E-state index < -0.39 is 5.97 Å². The summed E-state index contributed by atoms with van der Waals surface area (Å²) >= 11 is 0. The number of benzene rings is 1. The van der Waals surface area contributed by atoms with Crippen LogP contribution in [-0.4, -0.2) is 42.1 Å². The monoisotopic (exact) mass is 262 g/mol. The number of hydrogen-bond acceptors (Lipinski definition) is 2. The van der Waals surface area contributed by atoms with Crippen molar-refractivity contribution in [2.24, 2.45) is 5.92 Å². The first-order chi connectivity index (χ1) is 8.97. The molecule has 2 rings (SSSR count). The van der Waals surface area contributed by atoms with E-state index in [1.165, 1.54) is 0 Å². The molecule has 1 aromatic carbocycles. The molecule has 1 saturated heterocycles. The third-order valence-corrected chi connectivity index (χ3v) is 3.31. The van der Waals surface area contributed by atoms with Gasteiger partial charge in [0.1, 0.15) is 0 Å². The van der Waals surface area contributed by atoms with Gasteiger partial charge in [0.05, 0.1) is 6.42 Å². The Morgan fingerprint density at radius 3 is 2.79 bits per heavy atom. The lowest BCUT2D eigenvalue weighted by molar-refractivity contribution is -0.138. The van der Waals surface area contributed by atoms with Crippen molar-refractivity contribution in [2.75, 3.05) is 25.0 Å². The van der Waals surface area contributed by atoms with Gasteiger partial charge in [0.25, 0.3) is 0 Å². The van der Waals surface area contributed by atoms with Crippen LogP contribution in [0.4, 0.5) is 10.5 Å². The summed E-state index contributed by atoms with van der Waals surface area (Å²) in [5.74, 6) is -0.863. The largest absolute Gasteiger partial charge is 0.481 e. The maximum absolute atomic E-state index is 12.2. The van der Waals surface area contributed by atoms with Gasteiger partial charge in [-0.3, -0.25) is 9.69 Å². The van der Waals surface area contributed by atoms with E-state index in [0.717, 1.165) is 11.3 Å². The molecule has 1 atom stereocenters. The van der Waals surface area contributed by atoms with Crippen LogP contribution in [-0.2, 0) is 4.79 Å². The number of carbonyl (C=O) groups is 2. The second-order valence-electron chi connectivity index (χ2n) is 5.08. The van der Waals surface area contributed by atoms with Crippen LogP contribution in [0.25, 0.3) is 0 Å². The number of anilines is 1. The quantitative estimate of drug-likeness (QED) is 0.905. The molecule has 1 fully saturated rings. The van der Waals surface area contributed by atoms with Crippen molar-refractivity contribution >= 4 is 17.7 Å². The van der Waals surface area contributed by atoms with E-state index in [0.29, 0.717) is 13.1 Å². The highest BCUT2D eigenvalue weighted by atomic mass is 16.4. The van der Waals surface area contributed by atoms with Crippen LogP contribution < -0.4 is 4.90 Å². The lowest BCUT2D eigenvalue weighted by Crippen LogP contribution is -2.52. The van der Waals surface area contributed by atoms with Gasteiger partial charge in [-0.05, 0) is 24.6 Å². The number of hydrogen-bond donors (Lipinski definition) is 1. The molecule has 5 nitrogen and oxygen atoms in total. The fraction of sp³-hybridized carbons (Fsp3) is 0.429. The van der Waals surface area contributed by atoms with Gasteiger partial charge in [-0.1, -0.05) is 12.1 Å². The van der Waals surface area contributed by atoms with Crippen molar-refractivity contribution in [3.8, 4) is 0 Å². The molecule has 1 heterocycles. The first kappa shape index (κ1) is 13.4. The summed E-state index contributed by atoms with van der Waals surface area (Å²) in [5.41, 5.74) is 1.90. The molecule has 0 radical (unpaired) electrons. The van der Waals surface area contributed by atoms with Crippen LogP contribution in [0.1, 0.15) is 12.0 Å². The zero-order valence-corrected chi connectivity index (χ0v) is 11.2. The standard InChI is InChI=1S/C14H18N2O3/c1-10-4-3-5-12(6-10)16-9-11(7-13(17)18)8-15(2)14(16)19/h3-6,11H,7-9H2,1-2H3,(H,17,18). The van der Waals surface area contributed by atoms with E-state index in [4.69, 9.17) is 5.11 Å². The Morgan fingerprint density at radius 2 is 2.16 bits per heavy atom. The predicted molar refractivity (Wildman–Crippen MR) is 72.3 cm³/mol. The molecule has 2 amide bonds. The zero-order valence-electron chi connectivity index (χ0n) is 11.2. The number of rotatable bonds is 3. The van der Waals surface area contributed by atoms with E-state index in [2.05, 4.69) is 0 Å². The number of carboxylic acid groups (broad SMARTS) is 1. The van der Waals surface area contributed by atoms with Crippen molar-refractivity contribution in [1.29, 1.82) is 0 Å². The predicted octanol–water partition coefficient (Wildman–Crippen LogP) is 1.96. The van der Waals surface area contributed by atoms with Gasteiger partial charge < -0.3 is 10.0 Å². The molecular weight excluding hydrogens is 244 g/mol. The summed E-state index contributed by atoms with van der Waals surface area (Å²) in [6.07, 6.45) is 0.0833. The van der Waals surface area contributed by atoms with E-state index in [1.807, 2.05) is 31.2 Å². The van der Waals surface area contributed by atoms with E-state index >= 15 is 0 Å². The van der Waals surface area contributed by atoms with Gasteiger partial charge in [-0.2, -0.15) is 0 Å². The second kappa shape index (κ2) is 5.30. The summed E-state index contributed by atoms with van der Waals surface area (Å²) in [6.45, 7) is 2.92. The molecule has 0 spiro atoms. The number of carboxylic acids is 1. The summed E-state index contributed by atoms with van der Waals surface area (Å²) in [6, 6.07) is 7.61. The van der Waals surface area contributed by atoms with Crippen molar-refractivity contribution in [2.45, 2.75) is 13.3 Å². The van der Waals surface area contributed by atoms with Crippen LogP contribution in [0.15, 0.2) is 24.3 Å². The Bertz CT molecular complexity index is 501. The number of aliphatic carboxylic acids is 1. The van der Waals surface area contributed by atoms with Crippen LogP contribution in [0.5, 0.6) is 0 Å². The molecule has 1 aromatic rings. The molecule has 1 aliphatic rings. The number of urea groups is 1. The number of aryl methyl sites for hydroxylation is 1. The summed E-state index contributed by atoms with van der Waals surface area (Å²) < 4.78 is 0. The van der Waals surface area contributed by atoms with Gasteiger partial charge in [0.2, 0.25) is 0 Å². The average molecular weight is 262 g/mol. The summed E-state index contributed by atoms with van der Waals surface area (Å²) in [5, 5.41) is 8.90. The lowest BCUT2D eigenvalue weighted by Gasteiger charge is -2.38. The highest BCUT2D eigenvalue weighted by Crippen LogP contribution is 2.24. The molecular formula is C14H18N2O3. The Morgan fingerprint density at radius 1 is 1.42 bits per heavy atom. The van der Waals surface area contributed by atoms with Gasteiger partial charge >= 0.3 is 12.0 Å². The smallest absolute Gasteiger partial charge is 0.324 e. The number of nitrogens with zero attached hydrogens (tertiary/aromatic N) is 2. The second-order valence-corrected chi connectivity index (χ2v) is 5.08. The zero-order chi connectivity index (χ0) is 14.0. The Labute approximate surface area is 112 Å². The van der Waals surface area contributed by atoms with Crippen molar-refractivity contribution in [1.82, 2.24) is 4.90 Å². The fourth-order valence-corrected chi connectivity index (χ4v) is 2.45. The van der Waals surface area contributed by atoms with Gasteiger partial charge in [0, 0.05) is 31.7 Å². The van der Waals surface area contributed by atoms with Crippen LogP contribution >= 0.6 is 0 Å².